The van der Waals surface area contributed by atoms with Crippen molar-refractivity contribution in [2.45, 2.75) is 16.2 Å². The van der Waals surface area contributed by atoms with Gasteiger partial charge in [-0.25, -0.2) is 14.2 Å². The summed E-state index contributed by atoms with van der Waals surface area (Å²) in [4.78, 5) is 14.7. The molecule has 0 saturated carbocycles. The van der Waals surface area contributed by atoms with Gasteiger partial charge < -0.3 is 15.6 Å². The van der Waals surface area contributed by atoms with Gasteiger partial charge in [-0.15, -0.1) is 13.2 Å². The number of nitrogens with zero attached hydrogens (tertiary/aromatic N) is 1. The fourth-order valence-corrected chi connectivity index (χ4v) is 2.42. The highest BCUT2D eigenvalue weighted by Gasteiger charge is 2.31. The Balaban J connectivity index is 2.20. The third-order valence-corrected chi connectivity index (χ3v) is 3.47. The molecule has 0 aliphatic carbocycles. The highest BCUT2D eigenvalue weighted by atomic mass is 32.2. The molecular formula is C13H8F4N2O3S. The van der Waals surface area contributed by atoms with E-state index >= 15 is 0 Å². The van der Waals surface area contributed by atoms with E-state index in [1.54, 1.807) is 0 Å². The van der Waals surface area contributed by atoms with Crippen molar-refractivity contribution in [3.8, 4) is 5.75 Å². The molecule has 23 heavy (non-hydrogen) atoms. The number of nitrogens with two attached hydrogens (primary N) is 1. The zero-order chi connectivity index (χ0) is 17.2. The van der Waals surface area contributed by atoms with Gasteiger partial charge >= 0.3 is 12.3 Å². The fourth-order valence-electron chi connectivity index (χ4n) is 1.58. The van der Waals surface area contributed by atoms with Crippen molar-refractivity contribution in [1.29, 1.82) is 0 Å². The van der Waals surface area contributed by atoms with Gasteiger partial charge in [-0.2, -0.15) is 0 Å². The maximum absolute atomic E-state index is 13.8. The van der Waals surface area contributed by atoms with E-state index in [1.807, 2.05) is 0 Å². The Labute approximate surface area is 131 Å². The van der Waals surface area contributed by atoms with Gasteiger partial charge in [0.15, 0.2) is 5.69 Å². The maximum Gasteiger partial charge on any atom is 0.573 e. The fraction of sp³-hybridized carbons (Fsp3) is 0.0769. The number of rotatable bonds is 4. The number of ether oxygens (including phenoxy) is 1. The third kappa shape index (κ3) is 4.49. The lowest BCUT2D eigenvalue weighted by Gasteiger charge is -2.10. The van der Waals surface area contributed by atoms with Crippen LogP contribution in [0.15, 0.2) is 40.3 Å². The average molecular weight is 348 g/mol. The van der Waals surface area contributed by atoms with Crippen molar-refractivity contribution in [3.63, 3.8) is 0 Å². The molecule has 1 aromatic carbocycles. The number of aromatic nitrogens is 1. The molecule has 0 amide bonds. The molecule has 0 saturated heterocycles. The second-order valence-corrected chi connectivity index (χ2v) is 5.27. The first-order valence-electron chi connectivity index (χ1n) is 5.87. The second-order valence-electron chi connectivity index (χ2n) is 4.16. The lowest BCUT2D eigenvalue weighted by molar-refractivity contribution is -0.274. The number of benzene rings is 1. The van der Waals surface area contributed by atoms with Crippen LogP contribution in [0.2, 0.25) is 0 Å². The van der Waals surface area contributed by atoms with Crippen LogP contribution in [-0.4, -0.2) is 22.4 Å². The standard InChI is InChI=1S/C13H8F4N2O3S/c14-8-3-6(22-13(15,16)17)1-2-10(8)23-7-4-9(18)11(12(20)21)19-5-7/h1-5H,18H2,(H,20,21). The highest BCUT2D eigenvalue weighted by molar-refractivity contribution is 7.99. The number of hydrogen-bond donors (Lipinski definition) is 2. The van der Waals surface area contributed by atoms with E-state index in [2.05, 4.69) is 9.72 Å². The Morgan fingerprint density at radius 3 is 2.52 bits per heavy atom. The minimum Gasteiger partial charge on any atom is -0.476 e. The highest BCUT2D eigenvalue weighted by Crippen LogP contribution is 2.33. The maximum atomic E-state index is 13.8. The molecule has 2 rings (SSSR count). The van der Waals surface area contributed by atoms with Crippen LogP contribution in [0.4, 0.5) is 23.2 Å². The van der Waals surface area contributed by atoms with Crippen LogP contribution in [0.5, 0.6) is 5.75 Å². The molecule has 0 spiro atoms. The number of carboxylic acids is 1. The van der Waals surface area contributed by atoms with Gasteiger partial charge in [-0.05, 0) is 18.2 Å². The Hall–Kier alpha value is -2.49. The number of nitrogen functional groups attached to an aromatic ring is 1. The molecule has 0 aliphatic rings. The van der Waals surface area contributed by atoms with Crippen LogP contribution in [-0.2, 0) is 0 Å². The van der Waals surface area contributed by atoms with Crippen molar-refractivity contribution < 1.29 is 32.2 Å². The monoisotopic (exact) mass is 348 g/mol. The second kappa shape index (κ2) is 6.32. The SMILES string of the molecule is Nc1cc(Sc2ccc(OC(F)(F)F)cc2F)cnc1C(=O)O. The largest absolute Gasteiger partial charge is 0.573 e. The molecule has 0 aliphatic heterocycles. The Bertz CT molecular complexity index is 752. The molecule has 1 aromatic heterocycles. The Morgan fingerprint density at radius 2 is 2.00 bits per heavy atom. The molecule has 0 fully saturated rings. The van der Waals surface area contributed by atoms with Crippen LogP contribution in [0.1, 0.15) is 10.5 Å². The minimum absolute atomic E-state index is 0.00352. The summed E-state index contributed by atoms with van der Waals surface area (Å²) in [6.45, 7) is 0. The minimum atomic E-state index is -4.91. The van der Waals surface area contributed by atoms with Crippen molar-refractivity contribution in [3.05, 3.63) is 42.0 Å². The smallest absolute Gasteiger partial charge is 0.476 e. The van der Waals surface area contributed by atoms with Crippen LogP contribution >= 0.6 is 11.8 Å². The number of anilines is 1. The summed E-state index contributed by atoms with van der Waals surface area (Å²) in [5, 5.41) is 8.80. The van der Waals surface area contributed by atoms with Crippen molar-refractivity contribution >= 4 is 23.4 Å². The van der Waals surface area contributed by atoms with Gasteiger partial charge in [0.25, 0.3) is 0 Å². The van der Waals surface area contributed by atoms with E-state index in [9.17, 15) is 22.4 Å². The van der Waals surface area contributed by atoms with Crippen molar-refractivity contribution in [2.24, 2.45) is 0 Å². The molecule has 122 valence electrons. The predicted octanol–water partition coefficient (Wildman–Crippen LogP) is 3.55. The summed E-state index contributed by atoms with van der Waals surface area (Å²) >= 11 is 0.828. The van der Waals surface area contributed by atoms with E-state index in [0.29, 0.717) is 11.0 Å². The van der Waals surface area contributed by atoms with Gasteiger partial charge in [-0.3, -0.25) is 0 Å². The number of carboxylic acid groups (broad SMARTS) is 1. The number of halogens is 4. The molecule has 1 heterocycles. The first kappa shape index (κ1) is 16.9. The quantitative estimate of drug-likeness (QED) is 0.822. The molecule has 2 aromatic rings. The number of carbonyl (C=O) groups is 1. The summed E-state index contributed by atoms with van der Waals surface area (Å²) in [5.74, 6) is -2.92. The number of aromatic carboxylic acids is 1. The van der Waals surface area contributed by atoms with E-state index in [0.717, 1.165) is 23.9 Å². The van der Waals surface area contributed by atoms with Gasteiger partial charge in [0.05, 0.1) is 5.69 Å². The third-order valence-electron chi connectivity index (χ3n) is 2.46. The van der Waals surface area contributed by atoms with E-state index in [-0.39, 0.29) is 16.3 Å². The molecule has 0 radical (unpaired) electrons. The normalized spacial score (nSPS) is 11.3. The summed E-state index contributed by atoms with van der Waals surface area (Å²) in [6, 6.07) is 3.93. The van der Waals surface area contributed by atoms with Gasteiger partial charge in [-0.1, -0.05) is 11.8 Å². The summed E-state index contributed by atoms with van der Waals surface area (Å²) in [6.07, 6.45) is -3.74. The van der Waals surface area contributed by atoms with Crippen LogP contribution < -0.4 is 10.5 Å². The summed E-state index contributed by atoms with van der Waals surface area (Å²) in [5.41, 5.74) is 5.06. The first-order valence-corrected chi connectivity index (χ1v) is 6.69. The van der Waals surface area contributed by atoms with E-state index < -0.39 is 23.9 Å². The number of hydrogen-bond acceptors (Lipinski definition) is 5. The molecular weight excluding hydrogens is 340 g/mol. The van der Waals surface area contributed by atoms with E-state index in [1.165, 1.54) is 12.3 Å². The predicted molar refractivity (Wildman–Crippen MR) is 72.8 cm³/mol. The lowest BCUT2D eigenvalue weighted by Crippen LogP contribution is -2.17. The van der Waals surface area contributed by atoms with Crippen LogP contribution in [0, 0.1) is 5.82 Å². The summed E-state index contributed by atoms with van der Waals surface area (Å²) < 4.78 is 53.6. The molecule has 10 heteroatoms. The zero-order valence-corrected chi connectivity index (χ0v) is 11.9. The molecule has 0 unspecified atom stereocenters. The zero-order valence-electron chi connectivity index (χ0n) is 11.1. The molecule has 0 bridgehead atoms. The average Bonchev–Trinajstić information content (AvgIpc) is 2.40. The lowest BCUT2D eigenvalue weighted by atomic mass is 10.3. The van der Waals surface area contributed by atoms with Gasteiger partial charge in [0.1, 0.15) is 11.6 Å². The number of pyridine rings is 1. The van der Waals surface area contributed by atoms with Crippen LogP contribution in [0.3, 0.4) is 0 Å². The Morgan fingerprint density at radius 1 is 1.30 bits per heavy atom. The van der Waals surface area contributed by atoms with Crippen molar-refractivity contribution in [1.82, 2.24) is 4.98 Å². The van der Waals surface area contributed by atoms with Gasteiger partial charge in [0, 0.05) is 22.1 Å². The number of alkyl halides is 3. The summed E-state index contributed by atoms with van der Waals surface area (Å²) in [7, 11) is 0. The van der Waals surface area contributed by atoms with Gasteiger partial charge in [0.2, 0.25) is 0 Å². The molecule has 0 atom stereocenters. The van der Waals surface area contributed by atoms with Crippen molar-refractivity contribution in [2.75, 3.05) is 5.73 Å². The topological polar surface area (TPSA) is 85.4 Å². The Kier molecular flexibility index (Phi) is 4.64. The molecule has 3 N–H and O–H groups in total. The molecule has 5 nitrogen and oxygen atoms in total. The first-order chi connectivity index (χ1) is 10.7. The van der Waals surface area contributed by atoms with E-state index in [4.69, 9.17) is 10.8 Å². The van der Waals surface area contributed by atoms with Crippen LogP contribution in [0.25, 0.3) is 0 Å².